The van der Waals surface area contributed by atoms with Crippen LogP contribution in [0.15, 0.2) is 28.6 Å². The van der Waals surface area contributed by atoms with E-state index in [0.29, 0.717) is 12.4 Å². The van der Waals surface area contributed by atoms with Gasteiger partial charge in [0, 0.05) is 19.3 Å². The summed E-state index contributed by atoms with van der Waals surface area (Å²) in [6, 6.07) is 3.93. The van der Waals surface area contributed by atoms with Crippen molar-refractivity contribution in [3.63, 3.8) is 0 Å². The van der Waals surface area contributed by atoms with Crippen LogP contribution in [0.25, 0.3) is 0 Å². The maximum Gasteiger partial charge on any atom is 0.274 e. The zero-order valence-electron chi connectivity index (χ0n) is 11.6. The number of rotatable bonds is 10. The summed E-state index contributed by atoms with van der Waals surface area (Å²) in [6.45, 7) is 1.37. The second-order valence-electron chi connectivity index (χ2n) is 3.96. The zero-order valence-corrected chi connectivity index (χ0v) is 12.5. The molecule has 0 amide bonds. The lowest BCUT2D eigenvalue weighted by Gasteiger charge is -2.07. The minimum absolute atomic E-state index is 0.407. The third-order valence-corrected chi connectivity index (χ3v) is 3.36. The van der Waals surface area contributed by atoms with Gasteiger partial charge in [0.2, 0.25) is 0 Å². The number of thioether (sulfide) groups is 1. The second-order valence-corrected chi connectivity index (χ2v) is 5.06. The molecule has 0 fully saturated rings. The molecule has 1 rings (SSSR count). The molecule has 0 aliphatic carbocycles. The monoisotopic (exact) mass is 300 g/mol. The SMILES string of the molecule is CNCc1ccc(CSCCN/C(=C/[N+](=O)[O-])NC)o1. The van der Waals surface area contributed by atoms with Crippen molar-refractivity contribution >= 4 is 11.8 Å². The Balaban J connectivity index is 2.19. The fraction of sp³-hybridized carbons (Fsp3) is 0.500. The van der Waals surface area contributed by atoms with Crippen molar-refractivity contribution in [1.82, 2.24) is 16.0 Å². The van der Waals surface area contributed by atoms with Crippen LogP contribution in [0.2, 0.25) is 0 Å². The average Bonchev–Trinajstić information content (AvgIpc) is 2.84. The van der Waals surface area contributed by atoms with E-state index in [2.05, 4.69) is 16.0 Å². The summed E-state index contributed by atoms with van der Waals surface area (Å²) in [4.78, 5) is 9.84. The van der Waals surface area contributed by atoms with E-state index in [1.807, 2.05) is 19.2 Å². The molecule has 0 atom stereocenters. The van der Waals surface area contributed by atoms with E-state index >= 15 is 0 Å². The van der Waals surface area contributed by atoms with E-state index in [1.165, 1.54) is 0 Å². The minimum Gasteiger partial charge on any atom is -0.464 e. The molecule has 112 valence electrons. The molecule has 0 bridgehead atoms. The molecule has 1 aromatic rings. The highest BCUT2D eigenvalue weighted by atomic mass is 32.2. The fourth-order valence-corrected chi connectivity index (χ4v) is 2.25. The van der Waals surface area contributed by atoms with Crippen LogP contribution in [0.5, 0.6) is 0 Å². The summed E-state index contributed by atoms with van der Waals surface area (Å²) >= 11 is 1.71. The van der Waals surface area contributed by atoms with Crippen LogP contribution in [0.4, 0.5) is 0 Å². The van der Waals surface area contributed by atoms with Crippen molar-refractivity contribution in [2.45, 2.75) is 12.3 Å². The van der Waals surface area contributed by atoms with Gasteiger partial charge < -0.3 is 20.4 Å². The van der Waals surface area contributed by atoms with E-state index < -0.39 is 4.92 Å². The predicted octanol–water partition coefficient (Wildman–Crippen LogP) is 1.12. The molecule has 0 spiro atoms. The first-order valence-corrected chi connectivity index (χ1v) is 7.38. The Morgan fingerprint density at radius 2 is 2.20 bits per heavy atom. The second kappa shape index (κ2) is 9.27. The smallest absolute Gasteiger partial charge is 0.274 e. The molecular formula is C12H20N4O3S. The lowest BCUT2D eigenvalue weighted by molar-refractivity contribution is -0.404. The van der Waals surface area contributed by atoms with Gasteiger partial charge in [-0.1, -0.05) is 0 Å². The molecule has 0 saturated carbocycles. The summed E-state index contributed by atoms with van der Waals surface area (Å²) in [5, 5.41) is 19.0. The van der Waals surface area contributed by atoms with Crippen molar-refractivity contribution in [1.29, 1.82) is 0 Å². The predicted molar refractivity (Wildman–Crippen MR) is 79.8 cm³/mol. The molecule has 20 heavy (non-hydrogen) atoms. The third-order valence-electron chi connectivity index (χ3n) is 2.38. The molecule has 0 aromatic carbocycles. The third kappa shape index (κ3) is 6.48. The van der Waals surface area contributed by atoms with E-state index in [0.717, 1.165) is 35.8 Å². The van der Waals surface area contributed by atoms with Gasteiger partial charge in [-0.05, 0) is 19.2 Å². The van der Waals surface area contributed by atoms with Gasteiger partial charge in [-0.3, -0.25) is 10.1 Å². The quantitative estimate of drug-likeness (QED) is 0.339. The Bertz CT molecular complexity index is 448. The van der Waals surface area contributed by atoms with Gasteiger partial charge in [-0.15, -0.1) is 0 Å². The van der Waals surface area contributed by atoms with Gasteiger partial charge in [0.25, 0.3) is 6.20 Å². The van der Waals surface area contributed by atoms with Crippen LogP contribution >= 0.6 is 11.8 Å². The molecule has 0 radical (unpaired) electrons. The van der Waals surface area contributed by atoms with Crippen molar-refractivity contribution < 1.29 is 9.34 Å². The van der Waals surface area contributed by atoms with Crippen LogP contribution in [0.3, 0.4) is 0 Å². The molecular weight excluding hydrogens is 280 g/mol. The van der Waals surface area contributed by atoms with Crippen molar-refractivity contribution in [2.75, 3.05) is 26.4 Å². The fourth-order valence-electron chi connectivity index (χ4n) is 1.50. The van der Waals surface area contributed by atoms with Crippen molar-refractivity contribution in [2.24, 2.45) is 0 Å². The molecule has 7 nitrogen and oxygen atoms in total. The highest BCUT2D eigenvalue weighted by Crippen LogP contribution is 2.15. The Morgan fingerprint density at radius 3 is 2.85 bits per heavy atom. The van der Waals surface area contributed by atoms with Crippen LogP contribution in [-0.4, -0.2) is 31.3 Å². The van der Waals surface area contributed by atoms with Gasteiger partial charge in [0.1, 0.15) is 11.5 Å². The Labute approximate surface area is 122 Å². The first-order valence-electron chi connectivity index (χ1n) is 6.22. The molecule has 1 heterocycles. The number of hydrogen-bond acceptors (Lipinski definition) is 7. The van der Waals surface area contributed by atoms with Gasteiger partial charge >= 0.3 is 0 Å². The van der Waals surface area contributed by atoms with Gasteiger partial charge in [-0.25, -0.2) is 0 Å². The van der Waals surface area contributed by atoms with Crippen molar-refractivity contribution in [3.8, 4) is 0 Å². The Morgan fingerprint density at radius 1 is 1.45 bits per heavy atom. The minimum atomic E-state index is -0.488. The first-order chi connectivity index (χ1) is 9.65. The number of nitro groups is 1. The average molecular weight is 300 g/mol. The van der Waals surface area contributed by atoms with E-state index in [9.17, 15) is 10.1 Å². The molecule has 1 aromatic heterocycles. The number of furan rings is 1. The maximum atomic E-state index is 10.3. The summed E-state index contributed by atoms with van der Waals surface area (Å²) in [7, 11) is 3.52. The number of nitrogens with zero attached hydrogens (tertiary/aromatic N) is 1. The Hall–Kier alpha value is -1.67. The largest absolute Gasteiger partial charge is 0.464 e. The molecule has 0 aliphatic rings. The summed E-state index contributed by atoms with van der Waals surface area (Å²) in [5.41, 5.74) is 0. The normalized spacial score (nSPS) is 11.4. The van der Waals surface area contributed by atoms with Crippen LogP contribution in [-0.2, 0) is 12.3 Å². The molecule has 8 heteroatoms. The van der Waals surface area contributed by atoms with E-state index in [4.69, 9.17) is 4.42 Å². The lowest BCUT2D eigenvalue weighted by Crippen LogP contribution is -2.26. The molecule has 3 N–H and O–H groups in total. The highest BCUT2D eigenvalue weighted by molar-refractivity contribution is 7.98. The highest BCUT2D eigenvalue weighted by Gasteiger charge is 2.02. The topological polar surface area (TPSA) is 92.4 Å². The van der Waals surface area contributed by atoms with E-state index in [1.54, 1.807) is 18.8 Å². The Kier molecular flexibility index (Phi) is 7.59. The van der Waals surface area contributed by atoms with Gasteiger partial charge in [0.05, 0.1) is 17.2 Å². The van der Waals surface area contributed by atoms with E-state index in [-0.39, 0.29) is 0 Å². The molecule has 0 unspecified atom stereocenters. The zero-order chi connectivity index (χ0) is 14.8. The van der Waals surface area contributed by atoms with Crippen LogP contribution in [0, 0.1) is 10.1 Å². The number of nitrogens with one attached hydrogen (secondary N) is 3. The maximum absolute atomic E-state index is 10.3. The summed E-state index contributed by atoms with van der Waals surface area (Å²) in [5.74, 6) is 3.89. The summed E-state index contributed by atoms with van der Waals surface area (Å²) in [6.07, 6.45) is 0.918. The first kappa shape index (κ1) is 16.4. The lowest BCUT2D eigenvalue weighted by atomic mass is 10.4. The number of hydrogen-bond donors (Lipinski definition) is 3. The van der Waals surface area contributed by atoms with Crippen molar-refractivity contribution in [3.05, 3.63) is 45.8 Å². The standard InChI is InChI=1S/C12H20N4O3S/c1-13-7-10-3-4-11(19-10)9-20-6-5-15-12(14-2)8-16(17)18/h3-4,8,13-15H,5-7,9H2,1-2H3/b12-8+. The van der Waals surface area contributed by atoms with Crippen LogP contribution < -0.4 is 16.0 Å². The van der Waals surface area contributed by atoms with Crippen LogP contribution in [0.1, 0.15) is 11.5 Å². The molecule has 0 saturated heterocycles. The molecule has 0 aliphatic heterocycles. The summed E-state index contributed by atoms with van der Waals surface area (Å²) < 4.78 is 5.61. The van der Waals surface area contributed by atoms with Gasteiger partial charge in [-0.2, -0.15) is 11.8 Å². The van der Waals surface area contributed by atoms with Gasteiger partial charge in [0.15, 0.2) is 5.82 Å².